The zero-order chi connectivity index (χ0) is 11.0. The van der Waals surface area contributed by atoms with Gasteiger partial charge >= 0.3 is 0 Å². The number of hydrogen-bond donors (Lipinski definition) is 2. The number of hydrogen-bond acceptors (Lipinski definition) is 2. The van der Waals surface area contributed by atoms with Gasteiger partial charge in [-0.15, -0.1) is 0 Å². The lowest BCUT2D eigenvalue weighted by atomic mass is 10.1. The SMILES string of the molecule is CCCCC(C)NC(=O)CCC(C)N. The maximum atomic E-state index is 11.4. The topological polar surface area (TPSA) is 55.1 Å². The van der Waals surface area contributed by atoms with Crippen LogP contribution in [0.15, 0.2) is 0 Å². The predicted molar refractivity (Wildman–Crippen MR) is 60.0 cm³/mol. The first-order chi connectivity index (χ1) is 6.56. The molecular weight excluding hydrogens is 176 g/mol. The molecule has 14 heavy (non-hydrogen) atoms. The Morgan fingerprint density at radius 2 is 2.00 bits per heavy atom. The van der Waals surface area contributed by atoms with Crippen molar-refractivity contribution < 1.29 is 4.79 Å². The van der Waals surface area contributed by atoms with Gasteiger partial charge in [0, 0.05) is 18.5 Å². The van der Waals surface area contributed by atoms with Gasteiger partial charge in [-0.05, 0) is 26.7 Å². The minimum Gasteiger partial charge on any atom is -0.354 e. The van der Waals surface area contributed by atoms with Gasteiger partial charge in [0.05, 0.1) is 0 Å². The van der Waals surface area contributed by atoms with Gasteiger partial charge in [0.25, 0.3) is 0 Å². The average Bonchev–Trinajstić information content (AvgIpc) is 2.11. The van der Waals surface area contributed by atoms with Crippen LogP contribution in [0.2, 0.25) is 0 Å². The van der Waals surface area contributed by atoms with Crippen LogP contribution in [0.4, 0.5) is 0 Å². The van der Waals surface area contributed by atoms with Gasteiger partial charge in [-0.1, -0.05) is 19.8 Å². The van der Waals surface area contributed by atoms with E-state index < -0.39 is 0 Å². The minimum absolute atomic E-state index is 0.117. The summed E-state index contributed by atoms with van der Waals surface area (Å²) in [6.07, 6.45) is 4.75. The molecule has 0 aliphatic rings. The molecule has 0 radical (unpaired) electrons. The average molecular weight is 200 g/mol. The van der Waals surface area contributed by atoms with Crippen molar-refractivity contribution >= 4 is 5.91 Å². The van der Waals surface area contributed by atoms with Crippen LogP contribution >= 0.6 is 0 Å². The van der Waals surface area contributed by atoms with E-state index in [1.54, 1.807) is 0 Å². The quantitative estimate of drug-likeness (QED) is 0.658. The Bertz CT molecular complexity index is 157. The molecule has 1 amide bonds. The van der Waals surface area contributed by atoms with Crippen molar-refractivity contribution in [1.29, 1.82) is 0 Å². The fraction of sp³-hybridized carbons (Fsp3) is 0.909. The highest BCUT2D eigenvalue weighted by molar-refractivity contribution is 5.76. The maximum absolute atomic E-state index is 11.4. The van der Waals surface area contributed by atoms with Crippen molar-refractivity contribution in [1.82, 2.24) is 5.32 Å². The van der Waals surface area contributed by atoms with E-state index in [2.05, 4.69) is 19.2 Å². The number of nitrogens with two attached hydrogens (primary N) is 1. The Balaban J connectivity index is 3.50. The van der Waals surface area contributed by atoms with E-state index >= 15 is 0 Å². The summed E-state index contributed by atoms with van der Waals surface area (Å²) in [7, 11) is 0. The summed E-state index contributed by atoms with van der Waals surface area (Å²) in [6.45, 7) is 6.14. The van der Waals surface area contributed by atoms with Crippen LogP contribution < -0.4 is 11.1 Å². The lowest BCUT2D eigenvalue weighted by Gasteiger charge is -2.13. The van der Waals surface area contributed by atoms with E-state index in [0.717, 1.165) is 12.8 Å². The molecule has 3 nitrogen and oxygen atoms in total. The summed E-state index contributed by atoms with van der Waals surface area (Å²) in [5.41, 5.74) is 5.57. The third kappa shape index (κ3) is 8.05. The van der Waals surface area contributed by atoms with Crippen molar-refractivity contribution in [3.63, 3.8) is 0 Å². The molecule has 0 bridgehead atoms. The molecule has 0 aliphatic carbocycles. The van der Waals surface area contributed by atoms with Crippen molar-refractivity contribution in [2.45, 2.75) is 65.0 Å². The number of rotatable bonds is 7. The Labute approximate surface area is 87.4 Å². The second kappa shape index (κ2) is 7.80. The van der Waals surface area contributed by atoms with Crippen LogP contribution in [0.3, 0.4) is 0 Å². The molecule has 0 aromatic carbocycles. The Morgan fingerprint density at radius 1 is 1.36 bits per heavy atom. The molecule has 0 aromatic rings. The van der Waals surface area contributed by atoms with Gasteiger partial charge in [-0.25, -0.2) is 0 Å². The second-order valence-electron chi connectivity index (χ2n) is 4.13. The molecule has 0 spiro atoms. The first-order valence-corrected chi connectivity index (χ1v) is 5.61. The fourth-order valence-electron chi connectivity index (χ4n) is 1.29. The largest absolute Gasteiger partial charge is 0.354 e. The summed E-state index contributed by atoms with van der Waals surface area (Å²) in [5.74, 6) is 0.130. The molecule has 3 N–H and O–H groups in total. The van der Waals surface area contributed by atoms with Gasteiger partial charge in [-0.2, -0.15) is 0 Å². The summed E-state index contributed by atoms with van der Waals surface area (Å²) >= 11 is 0. The van der Waals surface area contributed by atoms with Gasteiger partial charge in [0.2, 0.25) is 5.91 Å². The highest BCUT2D eigenvalue weighted by Gasteiger charge is 2.07. The molecule has 0 rings (SSSR count). The maximum Gasteiger partial charge on any atom is 0.220 e. The van der Waals surface area contributed by atoms with E-state index in [0.29, 0.717) is 12.5 Å². The van der Waals surface area contributed by atoms with Crippen LogP contribution in [0.25, 0.3) is 0 Å². The molecule has 3 heteroatoms. The molecule has 2 atom stereocenters. The summed E-state index contributed by atoms with van der Waals surface area (Å²) in [4.78, 5) is 11.4. The number of nitrogens with one attached hydrogen (secondary N) is 1. The lowest BCUT2D eigenvalue weighted by Crippen LogP contribution is -2.33. The molecule has 0 fully saturated rings. The van der Waals surface area contributed by atoms with Crippen LogP contribution in [0.5, 0.6) is 0 Å². The molecule has 84 valence electrons. The minimum atomic E-state index is 0.117. The zero-order valence-corrected chi connectivity index (χ0v) is 9.68. The monoisotopic (exact) mass is 200 g/mol. The van der Waals surface area contributed by atoms with Gasteiger partial charge < -0.3 is 11.1 Å². The third-order valence-electron chi connectivity index (χ3n) is 2.22. The van der Waals surface area contributed by atoms with E-state index in [-0.39, 0.29) is 11.9 Å². The summed E-state index contributed by atoms with van der Waals surface area (Å²) in [6, 6.07) is 0.419. The van der Waals surface area contributed by atoms with E-state index in [1.165, 1.54) is 12.8 Å². The first kappa shape index (κ1) is 13.4. The number of unbranched alkanes of at least 4 members (excludes halogenated alkanes) is 1. The van der Waals surface area contributed by atoms with Crippen LogP contribution in [0, 0.1) is 0 Å². The zero-order valence-electron chi connectivity index (χ0n) is 9.68. The highest BCUT2D eigenvalue weighted by Crippen LogP contribution is 2.00. The standard InChI is InChI=1S/C11H24N2O/c1-4-5-6-10(3)13-11(14)8-7-9(2)12/h9-10H,4-8,12H2,1-3H3,(H,13,14). The van der Waals surface area contributed by atoms with Crippen molar-refractivity contribution in [2.75, 3.05) is 0 Å². The van der Waals surface area contributed by atoms with Crippen molar-refractivity contribution in [3.8, 4) is 0 Å². The Morgan fingerprint density at radius 3 is 2.50 bits per heavy atom. The molecule has 0 heterocycles. The third-order valence-corrected chi connectivity index (χ3v) is 2.22. The number of amides is 1. The lowest BCUT2D eigenvalue weighted by molar-refractivity contribution is -0.121. The normalized spacial score (nSPS) is 14.9. The van der Waals surface area contributed by atoms with E-state index in [1.807, 2.05) is 6.92 Å². The first-order valence-electron chi connectivity index (χ1n) is 5.61. The van der Waals surface area contributed by atoms with E-state index in [4.69, 9.17) is 5.73 Å². The smallest absolute Gasteiger partial charge is 0.220 e. The predicted octanol–water partition coefficient (Wildman–Crippen LogP) is 1.81. The Kier molecular flexibility index (Phi) is 7.48. The number of carbonyl (C=O) groups is 1. The van der Waals surface area contributed by atoms with Crippen LogP contribution in [-0.2, 0) is 4.79 Å². The van der Waals surface area contributed by atoms with Crippen molar-refractivity contribution in [2.24, 2.45) is 5.73 Å². The van der Waals surface area contributed by atoms with Crippen molar-refractivity contribution in [3.05, 3.63) is 0 Å². The fourth-order valence-corrected chi connectivity index (χ4v) is 1.29. The molecule has 2 unspecified atom stereocenters. The summed E-state index contributed by atoms with van der Waals surface area (Å²) in [5, 5.41) is 2.98. The van der Waals surface area contributed by atoms with Crippen LogP contribution in [-0.4, -0.2) is 18.0 Å². The van der Waals surface area contributed by atoms with Gasteiger partial charge in [-0.3, -0.25) is 4.79 Å². The molecular formula is C11H24N2O. The van der Waals surface area contributed by atoms with Gasteiger partial charge in [0.15, 0.2) is 0 Å². The van der Waals surface area contributed by atoms with E-state index in [9.17, 15) is 4.79 Å². The number of carbonyl (C=O) groups excluding carboxylic acids is 1. The highest BCUT2D eigenvalue weighted by atomic mass is 16.1. The summed E-state index contributed by atoms with van der Waals surface area (Å²) < 4.78 is 0. The molecule has 0 aromatic heterocycles. The van der Waals surface area contributed by atoms with Gasteiger partial charge in [0.1, 0.15) is 0 Å². The molecule has 0 saturated carbocycles. The molecule has 0 aliphatic heterocycles. The Hall–Kier alpha value is -0.570. The molecule has 0 saturated heterocycles. The second-order valence-corrected chi connectivity index (χ2v) is 4.13. The van der Waals surface area contributed by atoms with Crippen LogP contribution in [0.1, 0.15) is 52.9 Å².